The van der Waals surface area contributed by atoms with Gasteiger partial charge in [0.15, 0.2) is 18.1 Å². The first kappa shape index (κ1) is 26.0. The molecule has 0 unspecified atom stereocenters. The quantitative estimate of drug-likeness (QED) is 0.226. The van der Waals surface area contributed by atoms with E-state index in [0.29, 0.717) is 49.5 Å². The number of halogens is 4. The van der Waals surface area contributed by atoms with Gasteiger partial charge in [-0.3, -0.25) is 4.79 Å². The second-order valence-corrected chi connectivity index (χ2v) is 8.52. The fourth-order valence-corrected chi connectivity index (χ4v) is 3.61. The number of rotatable bonds is 10. The lowest BCUT2D eigenvalue weighted by Gasteiger charge is -2.14. The van der Waals surface area contributed by atoms with Crippen molar-refractivity contribution in [2.75, 3.05) is 13.2 Å². The van der Waals surface area contributed by atoms with Crippen LogP contribution in [0.2, 0.25) is 20.1 Å². The van der Waals surface area contributed by atoms with Gasteiger partial charge in [0.05, 0.1) is 22.9 Å². The van der Waals surface area contributed by atoms with E-state index >= 15 is 0 Å². The number of nitrogens with one attached hydrogen (secondary N) is 1. The van der Waals surface area contributed by atoms with Crippen LogP contribution in [0.4, 0.5) is 0 Å². The van der Waals surface area contributed by atoms with Gasteiger partial charge in [0, 0.05) is 10.0 Å². The van der Waals surface area contributed by atoms with Crippen LogP contribution in [0.3, 0.4) is 0 Å². The van der Waals surface area contributed by atoms with E-state index in [1.165, 1.54) is 12.3 Å². The molecule has 0 spiro atoms. The van der Waals surface area contributed by atoms with Gasteiger partial charge in [-0.1, -0.05) is 58.5 Å². The lowest BCUT2D eigenvalue weighted by Crippen LogP contribution is -2.24. The van der Waals surface area contributed by atoms with E-state index in [9.17, 15) is 4.79 Å². The Labute approximate surface area is 217 Å². The molecule has 0 radical (unpaired) electrons. The molecule has 0 saturated heterocycles. The number of carbonyl (C=O) groups is 1. The van der Waals surface area contributed by atoms with Crippen LogP contribution in [-0.4, -0.2) is 25.3 Å². The summed E-state index contributed by atoms with van der Waals surface area (Å²) >= 11 is 24.2. The molecule has 3 aromatic carbocycles. The highest BCUT2D eigenvalue weighted by atomic mass is 35.5. The minimum Gasteiger partial charge on any atom is -0.490 e. The van der Waals surface area contributed by atoms with Crippen LogP contribution in [0, 0.1) is 0 Å². The normalized spacial score (nSPS) is 10.9. The number of amides is 1. The fourth-order valence-electron chi connectivity index (χ4n) is 2.75. The van der Waals surface area contributed by atoms with Gasteiger partial charge in [-0.2, -0.15) is 5.10 Å². The Morgan fingerprint density at radius 1 is 0.882 bits per heavy atom. The Kier molecular flexibility index (Phi) is 9.72. The molecule has 178 valence electrons. The summed E-state index contributed by atoms with van der Waals surface area (Å²) in [5, 5.41) is 5.70. The van der Waals surface area contributed by atoms with Gasteiger partial charge in [-0.25, -0.2) is 5.43 Å². The van der Waals surface area contributed by atoms with Crippen molar-refractivity contribution in [2.45, 2.75) is 13.5 Å². The Hall–Kier alpha value is -2.64. The van der Waals surface area contributed by atoms with Gasteiger partial charge in [0.2, 0.25) is 0 Å². The molecule has 1 N–H and O–H groups in total. The first-order valence-corrected chi connectivity index (χ1v) is 11.6. The molecule has 3 rings (SSSR count). The Morgan fingerprint density at radius 3 is 2.32 bits per heavy atom. The van der Waals surface area contributed by atoms with Crippen LogP contribution in [0.15, 0.2) is 59.7 Å². The molecule has 10 heteroatoms. The number of hydrazone groups is 1. The molecule has 0 fully saturated rings. The standard InChI is InChI=1S/C24H20Cl4N2O4/c1-2-32-22-10-16(9-20(28)24(22)34-13-15-3-5-17(25)6-4-15)12-29-30-23(31)14-33-21-8-7-18(26)11-19(21)27/h3-12H,2,13-14H2,1H3,(H,30,31)/b29-12-. The molecule has 6 nitrogen and oxygen atoms in total. The van der Waals surface area contributed by atoms with Crippen LogP contribution < -0.4 is 19.6 Å². The third-order valence-corrected chi connectivity index (χ3v) is 5.35. The van der Waals surface area contributed by atoms with E-state index in [0.717, 1.165) is 5.56 Å². The van der Waals surface area contributed by atoms with Crippen molar-refractivity contribution in [3.05, 3.63) is 85.8 Å². The van der Waals surface area contributed by atoms with Crippen LogP contribution in [0.25, 0.3) is 0 Å². The predicted octanol–water partition coefficient (Wildman–Crippen LogP) is 6.81. The van der Waals surface area contributed by atoms with Gasteiger partial charge in [0.1, 0.15) is 12.4 Å². The van der Waals surface area contributed by atoms with Crippen molar-refractivity contribution in [3.63, 3.8) is 0 Å². The number of nitrogens with zero attached hydrogens (tertiary/aromatic N) is 1. The molecule has 34 heavy (non-hydrogen) atoms. The van der Waals surface area contributed by atoms with Gasteiger partial charge in [-0.15, -0.1) is 0 Å². The van der Waals surface area contributed by atoms with Crippen LogP contribution in [0.5, 0.6) is 17.2 Å². The maximum absolute atomic E-state index is 12.0. The van der Waals surface area contributed by atoms with E-state index in [4.69, 9.17) is 60.6 Å². The monoisotopic (exact) mass is 540 g/mol. The van der Waals surface area contributed by atoms with Crippen molar-refractivity contribution in [2.24, 2.45) is 5.10 Å². The average molecular weight is 542 g/mol. The van der Waals surface area contributed by atoms with Crippen molar-refractivity contribution >= 4 is 58.5 Å². The third kappa shape index (κ3) is 7.71. The Morgan fingerprint density at radius 2 is 1.62 bits per heavy atom. The van der Waals surface area contributed by atoms with Gasteiger partial charge >= 0.3 is 0 Å². The molecule has 1 amide bonds. The first-order valence-electron chi connectivity index (χ1n) is 10.1. The lowest BCUT2D eigenvalue weighted by molar-refractivity contribution is -0.123. The zero-order valence-corrected chi connectivity index (χ0v) is 21.0. The summed E-state index contributed by atoms with van der Waals surface area (Å²) in [7, 11) is 0. The minimum atomic E-state index is -0.471. The zero-order chi connectivity index (χ0) is 24.5. The average Bonchev–Trinajstić information content (AvgIpc) is 2.79. The molecule has 0 atom stereocenters. The van der Waals surface area contributed by atoms with Gasteiger partial charge in [-0.05, 0) is 60.5 Å². The summed E-state index contributed by atoms with van der Waals surface area (Å²) in [6.07, 6.45) is 1.44. The van der Waals surface area contributed by atoms with Crippen LogP contribution in [-0.2, 0) is 11.4 Å². The third-order valence-electron chi connectivity index (χ3n) is 4.28. The molecule has 0 bridgehead atoms. The molecular weight excluding hydrogens is 522 g/mol. The summed E-state index contributed by atoms with van der Waals surface area (Å²) in [4.78, 5) is 12.0. The maximum Gasteiger partial charge on any atom is 0.277 e. The SMILES string of the molecule is CCOc1cc(/C=N\NC(=O)COc2ccc(Cl)cc2Cl)cc(Cl)c1OCc1ccc(Cl)cc1. The van der Waals surface area contributed by atoms with Crippen LogP contribution in [0.1, 0.15) is 18.1 Å². The highest BCUT2D eigenvalue weighted by Gasteiger charge is 2.13. The summed E-state index contributed by atoms with van der Waals surface area (Å²) < 4.78 is 16.9. The van der Waals surface area contributed by atoms with E-state index in [-0.39, 0.29) is 13.2 Å². The summed E-state index contributed by atoms with van der Waals surface area (Å²) in [5.74, 6) is 0.735. The molecule has 0 saturated carbocycles. The van der Waals surface area contributed by atoms with Crippen molar-refractivity contribution in [1.82, 2.24) is 5.43 Å². The summed E-state index contributed by atoms with van der Waals surface area (Å²) in [6.45, 7) is 2.28. The minimum absolute atomic E-state index is 0.277. The number of ether oxygens (including phenoxy) is 3. The fraction of sp³-hybridized carbons (Fsp3) is 0.167. The molecular formula is C24H20Cl4N2O4. The number of hydrogen-bond acceptors (Lipinski definition) is 5. The first-order chi connectivity index (χ1) is 16.4. The molecule has 0 aliphatic rings. The zero-order valence-electron chi connectivity index (χ0n) is 18.0. The lowest BCUT2D eigenvalue weighted by atomic mass is 10.2. The maximum atomic E-state index is 12.0. The molecule has 0 heterocycles. The van der Waals surface area contributed by atoms with E-state index in [1.807, 2.05) is 19.1 Å². The van der Waals surface area contributed by atoms with E-state index in [2.05, 4.69) is 10.5 Å². The molecule has 3 aromatic rings. The van der Waals surface area contributed by atoms with Gasteiger partial charge in [0.25, 0.3) is 5.91 Å². The molecule has 0 aliphatic heterocycles. The summed E-state index contributed by atoms with van der Waals surface area (Å²) in [6, 6.07) is 15.4. The summed E-state index contributed by atoms with van der Waals surface area (Å²) in [5.41, 5.74) is 3.91. The van der Waals surface area contributed by atoms with E-state index in [1.54, 1.807) is 36.4 Å². The highest BCUT2D eigenvalue weighted by molar-refractivity contribution is 6.35. The molecule has 0 aliphatic carbocycles. The van der Waals surface area contributed by atoms with E-state index < -0.39 is 5.91 Å². The molecule has 0 aromatic heterocycles. The predicted molar refractivity (Wildman–Crippen MR) is 136 cm³/mol. The second kappa shape index (κ2) is 12.7. The van der Waals surface area contributed by atoms with Gasteiger partial charge < -0.3 is 14.2 Å². The number of hydrogen-bond donors (Lipinski definition) is 1. The Bertz CT molecular complexity index is 1170. The van der Waals surface area contributed by atoms with Crippen molar-refractivity contribution < 1.29 is 19.0 Å². The largest absolute Gasteiger partial charge is 0.490 e. The smallest absolute Gasteiger partial charge is 0.277 e. The number of carbonyl (C=O) groups excluding carboxylic acids is 1. The number of benzene rings is 3. The Balaban J connectivity index is 1.61. The second-order valence-electron chi connectivity index (χ2n) is 6.83. The highest BCUT2D eigenvalue weighted by Crippen LogP contribution is 2.37. The van der Waals surface area contributed by atoms with Crippen molar-refractivity contribution in [1.29, 1.82) is 0 Å². The topological polar surface area (TPSA) is 69.2 Å². The van der Waals surface area contributed by atoms with Crippen LogP contribution >= 0.6 is 46.4 Å². The van der Waals surface area contributed by atoms with Crippen molar-refractivity contribution in [3.8, 4) is 17.2 Å².